The number of hydrogen-bond donors (Lipinski definition) is 0. The number of aromatic nitrogens is 1. The topological polar surface area (TPSA) is 59.5 Å². The van der Waals surface area contributed by atoms with E-state index in [4.69, 9.17) is 9.72 Å². The summed E-state index contributed by atoms with van der Waals surface area (Å²) in [5, 5.41) is 2.56. The number of thiazole rings is 1. The first-order valence-electron chi connectivity index (χ1n) is 12.2. The Hall–Kier alpha value is -2.45. The maximum absolute atomic E-state index is 13.8. The Balaban J connectivity index is 1.37. The molecule has 0 saturated heterocycles. The SMILES string of the molecule is COc1ccc(CN(c2nc(C34CC5CC(CC(C5)C3)C4)cs2)S(=O)(=O)c2ccc(F)cc2)cc1. The van der Waals surface area contributed by atoms with E-state index in [1.807, 2.05) is 24.3 Å². The van der Waals surface area contributed by atoms with Crippen LogP contribution in [0.2, 0.25) is 0 Å². The van der Waals surface area contributed by atoms with Crippen molar-refractivity contribution in [3.8, 4) is 5.75 Å². The molecule has 4 aliphatic rings. The van der Waals surface area contributed by atoms with Crippen LogP contribution in [0.3, 0.4) is 0 Å². The molecule has 0 aliphatic heterocycles. The van der Waals surface area contributed by atoms with E-state index in [0.717, 1.165) is 29.0 Å². The van der Waals surface area contributed by atoms with E-state index in [0.29, 0.717) is 10.9 Å². The predicted octanol–water partition coefficient (Wildman–Crippen LogP) is 6.15. The standard InChI is InChI=1S/C27H29FN2O3S2/c1-33-23-6-2-18(3-7-23)16-30(35(31,32)24-8-4-22(28)5-9-24)26-29-25(17-34-26)27-13-19-10-20(14-27)12-21(11-19)15-27/h2-9,17,19-21H,10-16H2,1H3. The fourth-order valence-corrected chi connectivity index (χ4v) is 9.51. The van der Waals surface area contributed by atoms with E-state index < -0.39 is 15.8 Å². The third-order valence-electron chi connectivity index (χ3n) is 8.17. The van der Waals surface area contributed by atoms with Crippen LogP contribution >= 0.6 is 11.3 Å². The van der Waals surface area contributed by atoms with Crippen molar-refractivity contribution >= 4 is 26.5 Å². The summed E-state index contributed by atoms with van der Waals surface area (Å²) in [6.45, 7) is 0.136. The number of nitrogens with zero attached hydrogens (tertiary/aromatic N) is 2. The molecule has 0 radical (unpaired) electrons. The fourth-order valence-electron chi connectivity index (χ4n) is 6.93. The van der Waals surface area contributed by atoms with E-state index in [-0.39, 0.29) is 16.9 Å². The lowest BCUT2D eigenvalue weighted by molar-refractivity contribution is -0.00689. The summed E-state index contributed by atoms with van der Waals surface area (Å²) >= 11 is 1.40. The van der Waals surface area contributed by atoms with Crippen molar-refractivity contribution in [1.29, 1.82) is 0 Å². The summed E-state index contributed by atoms with van der Waals surface area (Å²) < 4.78 is 47.7. The van der Waals surface area contributed by atoms with Gasteiger partial charge in [-0.15, -0.1) is 11.3 Å². The second-order valence-corrected chi connectivity index (χ2v) is 13.2. The summed E-state index contributed by atoms with van der Waals surface area (Å²) in [5.74, 6) is 2.59. The molecule has 2 aromatic carbocycles. The third kappa shape index (κ3) is 4.14. The van der Waals surface area contributed by atoms with Gasteiger partial charge in [-0.25, -0.2) is 22.1 Å². The van der Waals surface area contributed by atoms with Crippen LogP contribution in [0.1, 0.15) is 49.8 Å². The second kappa shape index (κ2) is 8.59. The number of ether oxygens (including phenoxy) is 1. The first-order valence-corrected chi connectivity index (χ1v) is 14.5. The van der Waals surface area contributed by atoms with Crippen LogP contribution in [0, 0.1) is 23.6 Å². The first kappa shape index (κ1) is 23.0. The van der Waals surface area contributed by atoms with Crippen molar-refractivity contribution in [3.05, 3.63) is 71.0 Å². The molecule has 0 spiro atoms. The maximum Gasteiger partial charge on any atom is 0.266 e. The van der Waals surface area contributed by atoms with Gasteiger partial charge in [0.25, 0.3) is 10.0 Å². The highest BCUT2D eigenvalue weighted by Gasteiger charge is 2.52. The van der Waals surface area contributed by atoms with Crippen molar-refractivity contribution in [3.63, 3.8) is 0 Å². The van der Waals surface area contributed by atoms with Crippen LogP contribution < -0.4 is 9.04 Å². The molecule has 0 atom stereocenters. The van der Waals surface area contributed by atoms with Crippen LogP contribution in [0.25, 0.3) is 0 Å². The van der Waals surface area contributed by atoms with E-state index in [2.05, 4.69) is 5.38 Å². The monoisotopic (exact) mass is 512 g/mol. The van der Waals surface area contributed by atoms with Gasteiger partial charge in [-0.05, 0) is 98.2 Å². The Labute approximate surface area is 210 Å². The summed E-state index contributed by atoms with van der Waals surface area (Å²) in [6, 6.07) is 12.4. The average Bonchev–Trinajstić information content (AvgIpc) is 3.33. The summed E-state index contributed by atoms with van der Waals surface area (Å²) in [7, 11) is -2.35. The van der Waals surface area contributed by atoms with Gasteiger partial charge < -0.3 is 4.74 Å². The molecule has 4 fully saturated rings. The molecule has 4 aliphatic carbocycles. The van der Waals surface area contributed by atoms with Crippen LogP contribution in [0.15, 0.2) is 58.8 Å². The van der Waals surface area contributed by atoms with Crippen LogP contribution in [-0.2, 0) is 22.0 Å². The smallest absolute Gasteiger partial charge is 0.266 e. The number of halogens is 1. The van der Waals surface area contributed by atoms with E-state index in [9.17, 15) is 12.8 Å². The number of benzene rings is 2. The van der Waals surface area contributed by atoms with E-state index >= 15 is 0 Å². The van der Waals surface area contributed by atoms with Crippen LogP contribution in [-0.4, -0.2) is 20.5 Å². The summed E-state index contributed by atoms with van der Waals surface area (Å²) in [4.78, 5) is 5.06. The zero-order valence-corrected chi connectivity index (χ0v) is 21.3. The van der Waals surface area contributed by atoms with Gasteiger partial charge in [0, 0.05) is 10.8 Å². The molecule has 0 N–H and O–H groups in total. The molecule has 5 nitrogen and oxygen atoms in total. The van der Waals surface area contributed by atoms with Crippen LogP contribution in [0.4, 0.5) is 9.52 Å². The normalized spacial score (nSPS) is 27.2. The molecule has 4 bridgehead atoms. The Bertz CT molecular complexity index is 1280. The zero-order valence-electron chi connectivity index (χ0n) is 19.7. The third-order valence-corrected chi connectivity index (χ3v) is 10.9. The Morgan fingerprint density at radius 1 is 1.00 bits per heavy atom. The fraction of sp³-hybridized carbons (Fsp3) is 0.444. The average molecular weight is 513 g/mol. The van der Waals surface area contributed by atoms with Gasteiger partial charge in [0.05, 0.1) is 24.2 Å². The Morgan fingerprint density at radius 3 is 2.17 bits per heavy atom. The molecule has 1 heterocycles. The molecule has 35 heavy (non-hydrogen) atoms. The minimum Gasteiger partial charge on any atom is -0.497 e. The molecule has 8 heteroatoms. The maximum atomic E-state index is 13.8. The first-order chi connectivity index (χ1) is 16.8. The zero-order chi connectivity index (χ0) is 24.2. The Kier molecular flexibility index (Phi) is 5.64. The highest BCUT2D eigenvalue weighted by atomic mass is 32.2. The molecule has 1 aromatic heterocycles. The van der Waals surface area contributed by atoms with Gasteiger partial charge in [-0.3, -0.25) is 0 Å². The second-order valence-electron chi connectivity index (χ2n) is 10.5. The summed E-state index contributed by atoms with van der Waals surface area (Å²) in [5.41, 5.74) is 1.98. The lowest BCUT2D eigenvalue weighted by Gasteiger charge is -2.56. The minimum atomic E-state index is -3.94. The van der Waals surface area contributed by atoms with Gasteiger partial charge >= 0.3 is 0 Å². The highest BCUT2D eigenvalue weighted by molar-refractivity contribution is 7.93. The molecule has 184 valence electrons. The van der Waals surface area contributed by atoms with Gasteiger partial charge in [-0.2, -0.15) is 0 Å². The predicted molar refractivity (Wildman–Crippen MR) is 135 cm³/mol. The van der Waals surface area contributed by atoms with Crippen molar-refractivity contribution in [1.82, 2.24) is 4.98 Å². The molecule has 3 aromatic rings. The number of methoxy groups -OCH3 is 1. The van der Waals surface area contributed by atoms with Crippen molar-refractivity contribution in [2.45, 2.75) is 55.4 Å². The Morgan fingerprint density at radius 2 is 1.60 bits per heavy atom. The molecule has 7 rings (SSSR count). The largest absolute Gasteiger partial charge is 0.497 e. The number of rotatable bonds is 7. The summed E-state index contributed by atoms with van der Waals surface area (Å²) in [6.07, 6.45) is 7.55. The van der Waals surface area contributed by atoms with Crippen LogP contribution in [0.5, 0.6) is 5.75 Å². The van der Waals surface area contributed by atoms with Crippen molar-refractivity contribution in [2.75, 3.05) is 11.4 Å². The number of hydrogen-bond acceptors (Lipinski definition) is 5. The lowest BCUT2D eigenvalue weighted by atomic mass is 9.49. The van der Waals surface area contributed by atoms with E-state index in [1.54, 1.807) is 7.11 Å². The van der Waals surface area contributed by atoms with Gasteiger partial charge in [-0.1, -0.05) is 12.1 Å². The minimum absolute atomic E-state index is 0.0546. The molecule has 0 amide bonds. The molecular formula is C27H29FN2O3S2. The molecule has 4 saturated carbocycles. The van der Waals surface area contributed by atoms with E-state index in [1.165, 1.54) is 78.4 Å². The molecular weight excluding hydrogens is 483 g/mol. The van der Waals surface area contributed by atoms with Crippen molar-refractivity contribution in [2.24, 2.45) is 17.8 Å². The van der Waals surface area contributed by atoms with Gasteiger partial charge in [0.2, 0.25) is 0 Å². The number of sulfonamides is 1. The lowest BCUT2D eigenvalue weighted by Crippen LogP contribution is -2.48. The highest BCUT2D eigenvalue weighted by Crippen LogP contribution is 2.60. The number of anilines is 1. The molecule has 0 unspecified atom stereocenters. The van der Waals surface area contributed by atoms with Gasteiger partial charge in [0.1, 0.15) is 11.6 Å². The quantitative estimate of drug-likeness (QED) is 0.381. The van der Waals surface area contributed by atoms with Gasteiger partial charge in [0.15, 0.2) is 5.13 Å². The van der Waals surface area contributed by atoms with Crippen molar-refractivity contribution < 1.29 is 17.5 Å².